The molecule has 33 heavy (non-hydrogen) atoms. The third kappa shape index (κ3) is 2.89. The molecule has 2 heterocycles. The first-order valence-electron chi connectivity index (χ1n) is 11.2. The molecule has 3 nitrogen and oxygen atoms in total. The molecule has 5 unspecified atom stereocenters. The predicted octanol–water partition coefficient (Wildman–Crippen LogP) is 6.77. The molecule has 0 fully saturated rings. The fourth-order valence-electron chi connectivity index (χ4n) is 5.98. The Bertz CT molecular complexity index is 1460. The van der Waals surface area contributed by atoms with E-state index < -0.39 is 20.6 Å². The second-order valence-corrected chi connectivity index (χ2v) is 14.6. The Balaban J connectivity index is 1.51. The maximum atomic E-state index is 13.8. The first kappa shape index (κ1) is 22.0. The van der Waals surface area contributed by atoms with E-state index in [0.717, 1.165) is 30.1 Å². The van der Waals surface area contributed by atoms with Crippen molar-refractivity contribution in [2.75, 3.05) is 0 Å². The smallest absolute Gasteiger partial charge is 0.205 e. The molecule has 0 N–H and O–H groups in total. The predicted molar refractivity (Wildman–Crippen MR) is 136 cm³/mol. The Kier molecular flexibility index (Phi) is 4.98. The molecule has 5 atom stereocenters. The van der Waals surface area contributed by atoms with Gasteiger partial charge < -0.3 is 0 Å². The highest BCUT2D eigenvalue weighted by molar-refractivity contribution is 8.06. The van der Waals surface area contributed by atoms with Gasteiger partial charge >= 0.3 is 0 Å². The second kappa shape index (κ2) is 7.48. The SMILES string of the molecule is CC1C2=C(C(C)C3=C1C(C)C1=C(C3C)S(=O)(=O)c3ccccc3S1)S(=O)c1ccccc1S2. The van der Waals surface area contributed by atoms with E-state index >= 15 is 0 Å². The van der Waals surface area contributed by atoms with Crippen LogP contribution in [0.5, 0.6) is 0 Å². The van der Waals surface area contributed by atoms with Crippen molar-refractivity contribution in [2.45, 2.75) is 47.3 Å². The van der Waals surface area contributed by atoms with Crippen LogP contribution in [0.1, 0.15) is 27.7 Å². The van der Waals surface area contributed by atoms with Crippen LogP contribution in [0.4, 0.5) is 0 Å². The minimum absolute atomic E-state index is 0.0111. The Morgan fingerprint density at radius 3 is 2.06 bits per heavy atom. The topological polar surface area (TPSA) is 51.2 Å². The van der Waals surface area contributed by atoms with Crippen LogP contribution in [0.2, 0.25) is 0 Å². The van der Waals surface area contributed by atoms with E-state index in [1.54, 1.807) is 35.7 Å². The van der Waals surface area contributed by atoms with Gasteiger partial charge in [0.2, 0.25) is 9.84 Å². The van der Waals surface area contributed by atoms with Gasteiger partial charge in [-0.05, 0) is 24.3 Å². The third-order valence-electron chi connectivity index (χ3n) is 7.37. The number of benzene rings is 2. The summed E-state index contributed by atoms with van der Waals surface area (Å²) in [5.41, 5.74) is 2.47. The number of hydrogen-bond donors (Lipinski definition) is 0. The van der Waals surface area contributed by atoms with Gasteiger partial charge in [0.05, 0.1) is 25.5 Å². The van der Waals surface area contributed by atoms with Crippen molar-refractivity contribution in [1.82, 2.24) is 0 Å². The summed E-state index contributed by atoms with van der Waals surface area (Å²) < 4.78 is 41.3. The average molecular weight is 513 g/mol. The molecule has 2 aliphatic heterocycles. The van der Waals surface area contributed by atoms with Crippen molar-refractivity contribution in [3.63, 3.8) is 0 Å². The first-order chi connectivity index (χ1) is 15.7. The molecule has 0 bridgehead atoms. The molecule has 2 aromatic carbocycles. The summed E-state index contributed by atoms with van der Waals surface area (Å²) in [6.07, 6.45) is 0. The van der Waals surface area contributed by atoms with E-state index in [-0.39, 0.29) is 23.7 Å². The van der Waals surface area contributed by atoms with E-state index in [9.17, 15) is 12.6 Å². The van der Waals surface area contributed by atoms with Crippen LogP contribution in [0.25, 0.3) is 0 Å². The zero-order valence-corrected chi connectivity index (χ0v) is 22.1. The summed E-state index contributed by atoms with van der Waals surface area (Å²) in [4.78, 5) is 6.84. The molecule has 4 aliphatic rings. The van der Waals surface area contributed by atoms with Crippen molar-refractivity contribution >= 4 is 44.2 Å². The lowest BCUT2D eigenvalue weighted by Gasteiger charge is -2.45. The maximum Gasteiger partial charge on any atom is 0.205 e. The lowest BCUT2D eigenvalue weighted by atomic mass is 9.70. The molecule has 0 saturated heterocycles. The second-order valence-electron chi connectivity index (χ2n) is 9.12. The van der Waals surface area contributed by atoms with Crippen molar-refractivity contribution in [1.29, 1.82) is 0 Å². The normalized spacial score (nSPS) is 31.9. The Morgan fingerprint density at radius 2 is 1.30 bits per heavy atom. The molecule has 2 aliphatic carbocycles. The summed E-state index contributed by atoms with van der Waals surface area (Å²) >= 11 is 3.36. The van der Waals surface area contributed by atoms with Gasteiger partial charge in [0.25, 0.3) is 0 Å². The largest absolute Gasteiger partial charge is 0.249 e. The minimum Gasteiger partial charge on any atom is -0.249 e. The van der Waals surface area contributed by atoms with Crippen LogP contribution in [0.3, 0.4) is 0 Å². The third-order valence-corrected chi connectivity index (χ3v) is 14.4. The van der Waals surface area contributed by atoms with Crippen molar-refractivity contribution in [2.24, 2.45) is 23.7 Å². The highest BCUT2D eigenvalue weighted by Gasteiger charge is 2.49. The number of rotatable bonds is 0. The first-order valence-corrected chi connectivity index (χ1v) is 15.4. The Morgan fingerprint density at radius 1 is 0.727 bits per heavy atom. The van der Waals surface area contributed by atoms with Gasteiger partial charge in [0.1, 0.15) is 0 Å². The molecule has 0 spiro atoms. The summed E-state index contributed by atoms with van der Waals surface area (Å²) in [5, 5.41) is 0. The van der Waals surface area contributed by atoms with Gasteiger partial charge in [0.15, 0.2) is 0 Å². The van der Waals surface area contributed by atoms with Gasteiger partial charge in [-0.25, -0.2) is 12.6 Å². The van der Waals surface area contributed by atoms with Gasteiger partial charge in [-0.3, -0.25) is 0 Å². The lowest BCUT2D eigenvalue weighted by molar-refractivity contribution is 0.538. The Labute approximate surface area is 206 Å². The summed E-state index contributed by atoms with van der Waals surface area (Å²) in [7, 11) is -4.82. The monoisotopic (exact) mass is 512 g/mol. The maximum absolute atomic E-state index is 13.8. The fraction of sp³-hybridized carbons (Fsp3) is 0.308. The number of fused-ring (bicyclic) bond motifs is 2. The number of hydrogen-bond acceptors (Lipinski definition) is 5. The van der Waals surface area contributed by atoms with Crippen LogP contribution in [-0.4, -0.2) is 12.6 Å². The molecule has 0 aromatic heterocycles. The quantitative estimate of drug-likeness (QED) is 0.365. The average Bonchev–Trinajstić information content (AvgIpc) is 2.79. The van der Waals surface area contributed by atoms with Crippen LogP contribution in [0.15, 0.2) is 98.9 Å². The standard InChI is InChI=1S/C26H24O3S4/c1-13-21-14(2)24-26(33(28,29)20-12-8-6-10-18(20)31-24)16(4)22(21)15(3)25-23(13)30-17-9-5-7-11-19(17)32(25)27/h5-16H,1-4H3. The van der Waals surface area contributed by atoms with Gasteiger partial charge in [-0.2, -0.15) is 0 Å². The van der Waals surface area contributed by atoms with Gasteiger partial charge in [-0.1, -0.05) is 86.6 Å². The highest BCUT2D eigenvalue weighted by atomic mass is 32.2. The molecule has 0 radical (unpaired) electrons. The zero-order chi connectivity index (χ0) is 23.2. The van der Waals surface area contributed by atoms with Crippen molar-refractivity contribution in [3.8, 4) is 0 Å². The molecule has 0 amide bonds. The van der Waals surface area contributed by atoms with E-state index in [0.29, 0.717) is 9.80 Å². The van der Waals surface area contributed by atoms with Crippen LogP contribution in [-0.2, 0) is 20.6 Å². The van der Waals surface area contributed by atoms with Gasteiger partial charge in [0, 0.05) is 48.2 Å². The lowest BCUT2D eigenvalue weighted by Crippen LogP contribution is -2.35. The summed E-state index contributed by atoms with van der Waals surface area (Å²) in [6, 6.07) is 15.3. The summed E-state index contributed by atoms with van der Waals surface area (Å²) in [6.45, 7) is 8.51. The van der Waals surface area contributed by atoms with Crippen molar-refractivity contribution < 1.29 is 12.6 Å². The van der Waals surface area contributed by atoms with E-state index in [4.69, 9.17) is 0 Å². The molecular weight excluding hydrogens is 489 g/mol. The van der Waals surface area contributed by atoms with Gasteiger partial charge in [-0.15, -0.1) is 0 Å². The Hall–Kier alpha value is -1.54. The van der Waals surface area contributed by atoms with E-state index in [1.807, 2.05) is 37.3 Å². The number of sulfone groups is 1. The zero-order valence-electron chi connectivity index (χ0n) is 18.8. The van der Waals surface area contributed by atoms with Crippen LogP contribution >= 0.6 is 23.5 Å². The number of allylic oxidation sites excluding steroid dienone is 6. The van der Waals surface area contributed by atoms with Crippen LogP contribution in [0, 0.1) is 23.7 Å². The van der Waals surface area contributed by atoms with Crippen molar-refractivity contribution in [3.05, 3.63) is 79.3 Å². The summed E-state index contributed by atoms with van der Waals surface area (Å²) in [5.74, 6) is -0.169. The van der Waals surface area contributed by atoms with E-state index in [2.05, 4.69) is 26.8 Å². The molecule has 0 saturated carbocycles. The molecule has 6 rings (SSSR count). The fourth-order valence-corrected chi connectivity index (χ4v) is 13.2. The minimum atomic E-state index is -3.58. The molecular formula is C26H24O3S4. The number of thioether (sulfide) groups is 2. The highest BCUT2D eigenvalue weighted by Crippen LogP contribution is 2.61. The van der Waals surface area contributed by atoms with E-state index in [1.165, 1.54) is 10.5 Å². The molecule has 170 valence electrons. The molecule has 2 aromatic rings. The van der Waals surface area contributed by atoms with Crippen LogP contribution < -0.4 is 0 Å². The molecule has 7 heteroatoms.